The first-order chi connectivity index (χ1) is 16.3. The van der Waals surface area contributed by atoms with Crippen LogP contribution in [0.3, 0.4) is 0 Å². The van der Waals surface area contributed by atoms with Crippen LogP contribution in [0.25, 0.3) is 0 Å². The molecule has 178 valence electrons. The molecule has 0 bridgehead atoms. The van der Waals surface area contributed by atoms with Crippen LogP contribution in [0.1, 0.15) is 23.6 Å². The van der Waals surface area contributed by atoms with Crippen LogP contribution in [0.2, 0.25) is 10.0 Å². The number of nitrogens with zero attached hydrogens (tertiary/aromatic N) is 1. The Morgan fingerprint density at radius 1 is 1.06 bits per heavy atom. The Hall–Kier alpha value is -2.26. The summed E-state index contributed by atoms with van der Waals surface area (Å²) in [5.74, 6) is 1.06. The van der Waals surface area contributed by atoms with Crippen LogP contribution >= 0.6 is 55.1 Å². The van der Waals surface area contributed by atoms with Gasteiger partial charge < -0.3 is 14.8 Å². The lowest BCUT2D eigenvalue weighted by Crippen LogP contribution is -2.24. The zero-order chi connectivity index (χ0) is 24.7. The molecule has 0 spiro atoms. The van der Waals surface area contributed by atoms with Gasteiger partial charge in [-0.1, -0.05) is 45.2 Å². The molecule has 3 aromatic rings. The molecule has 2 amide bonds. The summed E-state index contributed by atoms with van der Waals surface area (Å²) in [6.07, 6.45) is 1.51. The summed E-state index contributed by atoms with van der Waals surface area (Å²) in [5, 5.41) is 7.83. The standard InChI is InChI=1S/C24H21Br2Cl2N3O3/c1-3-33-22-10-15(12-29-31-24(32)30-18-6-7-19(25)14(2)8-18)9-20(26)23(22)34-13-16-4-5-17(27)11-21(16)28/h4-12H,3,13H2,1-2H3,(H2,30,31,32)/b29-12+. The minimum absolute atomic E-state index is 0.235. The molecule has 0 saturated heterocycles. The summed E-state index contributed by atoms with van der Waals surface area (Å²) in [5.41, 5.74) is 5.62. The third-order valence-corrected chi connectivity index (χ3v) is 6.58. The molecule has 34 heavy (non-hydrogen) atoms. The number of benzene rings is 3. The fraction of sp³-hybridized carbons (Fsp3) is 0.167. The van der Waals surface area contributed by atoms with Gasteiger partial charge >= 0.3 is 6.03 Å². The summed E-state index contributed by atoms with van der Waals surface area (Å²) in [6.45, 7) is 4.50. The summed E-state index contributed by atoms with van der Waals surface area (Å²) < 4.78 is 13.4. The number of halogens is 4. The second-order valence-corrected chi connectivity index (χ2v) is 9.63. The van der Waals surface area contributed by atoms with Crippen LogP contribution in [-0.2, 0) is 6.61 Å². The minimum atomic E-state index is -0.457. The first-order valence-electron chi connectivity index (χ1n) is 10.2. The normalized spacial score (nSPS) is 10.9. The SMILES string of the molecule is CCOc1cc(/C=N/NC(=O)Nc2ccc(Br)c(C)c2)cc(Br)c1OCc1ccc(Cl)cc1Cl. The Kier molecular flexibility index (Phi) is 9.64. The fourth-order valence-corrected chi connectivity index (χ4v) is 4.18. The quantitative estimate of drug-likeness (QED) is 0.196. The predicted molar refractivity (Wildman–Crippen MR) is 145 cm³/mol. The van der Waals surface area contributed by atoms with E-state index in [0.717, 1.165) is 15.6 Å². The zero-order valence-electron chi connectivity index (χ0n) is 18.3. The number of rotatable bonds is 8. The van der Waals surface area contributed by atoms with E-state index >= 15 is 0 Å². The summed E-state index contributed by atoms with van der Waals surface area (Å²) in [4.78, 5) is 12.1. The van der Waals surface area contributed by atoms with E-state index in [9.17, 15) is 4.79 Å². The molecule has 2 N–H and O–H groups in total. The Morgan fingerprint density at radius 2 is 1.85 bits per heavy atom. The number of aryl methyl sites for hydroxylation is 1. The minimum Gasteiger partial charge on any atom is -0.490 e. The maximum atomic E-state index is 12.1. The van der Waals surface area contributed by atoms with E-state index in [4.69, 9.17) is 32.7 Å². The molecule has 0 fully saturated rings. The van der Waals surface area contributed by atoms with Crippen LogP contribution in [0, 0.1) is 6.92 Å². The maximum Gasteiger partial charge on any atom is 0.339 e. The second kappa shape index (κ2) is 12.4. The lowest BCUT2D eigenvalue weighted by molar-refractivity contribution is 0.252. The van der Waals surface area contributed by atoms with Crippen LogP contribution in [-0.4, -0.2) is 18.9 Å². The van der Waals surface area contributed by atoms with Gasteiger partial charge in [0.2, 0.25) is 0 Å². The maximum absolute atomic E-state index is 12.1. The van der Waals surface area contributed by atoms with E-state index in [1.54, 1.807) is 24.3 Å². The summed E-state index contributed by atoms with van der Waals surface area (Å²) >= 11 is 19.2. The van der Waals surface area contributed by atoms with Gasteiger partial charge in [0.1, 0.15) is 6.61 Å². The molecule has 10 heteroatoms. The smallest absolute Gasteiger partial charge is 0.339 e. The third-order valence-electron chi connectivity index (χ3n) is 4.51. The molecule has 6 nitrogen and oxygen atoms in total. The van der Waals surface area contributed by atoms with Crippen molar-refractivity contribution in [1.29, 1.82) is 0 Å². The van der Waals surface area contributed by atoms with Crippen LogP contribution in [0.15, 0.2) is 62.6 Å². The highest BCUT2D eigenvalue weighted by Gasteiger charge is 2.13. The number of hydrazone groups is 1. The van der Waals surface area contributed by atoms with E-state index in [2.05, 4.69) is 47.7 Å². The largest absolute Gasteiger partial charge is 0.490 e. The topological polar surface area (TPSA) is 72.0 Å². The van der Waals surface area contributed by atoms with Crippen molar-refractivity contribution in [3.63, 3.8) is 0 Å². The molecular weight excluding hydrogens is 609 g/mol. The number of amides is 2. The molecular formula is C24H21Br2Cl2N3O3. The molecule has 0 radical (unpaired) electrons. The van der Waals surface area contributed by atoms with Gasteiger partial charge in [0.05, 0.1) is 17.3 Å². The summed E-state index contributed by atoms with van der Waals surface area (Å²) in [6, 6.07) is 13.9. The summed E-state index contributed by atoms with van der Waals surface area (Å²) in [7, 11) is 0. The first kappa shape index (κ1) is 26.3. The Morgan fingerprint density at radius 3 is 2.56 bits per heavy atom. The van der Waals surface area contributed by atoms with Gasteiger partial charge in [-0.3, -0.25) is 0 Å². The fourth-order valence-electron chi connectivity index (χ4n) is 2.90. The third kappa shape index (κ3) is 7.37. The molecule has 0 aliphatic carbocycles. The lowest BCUT2D eigenvalue weighted by Gasteiger charge is -2.15. The number of ether oxygens (including phenoxy) is 2. The highest BCUT2D eigenvalue weighted by molar-refractivity contribution is 9.10. The Labute approximate surface area is 224 Å². The first-order valence-corrected chi connectivity index (χ1v) is 12.5. The highest BCUT2D eigenvalue weighted by atomic mass is 79.9. The van der Waals surface area contributed by atoms with E-state index in [1.807, 2.05) is 38.1 Å². The van der Waals surface area contributed by atoms with Crippen LogP contribution in [0.4, 0.5) is 10.5 Å². The number of hydrogen-bond donors (Lipinski definition) is 2. The average Bonchev–Trinajstić information content (AvgIpc) is 2.77. The molecule has 0 aliphatic heterocycles. The number of carbonyl (C=O) groups excluding carboxylic acids is 1. The van der Waals surface area contributed by atoms with Gasteiger partial charge in [0.25, 0.3) is 0 Å². The van der Waals surface area contributed by atoms with E-state index in [1.165, 1.54) is 6.21 Å². The van der Waals surface area contributed by atoms with E-state index < -0.39 is 6.03 Å². The van der Waals surface area contributed by atoms with Gasteiger partial charge in [0.15, 0.2) is 11.5 Å². The van der Waals surface area contributed by atoms with Gasteiger partial charge in [-0.25, -0.2) is 10.2 Å². The van der Waals surface area contributed by atoms with Crippen molar-refractivity contribution in [2.45, 2.75) is 20.5 Å². The zero-order valence-corrected chi connectivity index (χ0v) is 23.0. The molecule has 0 unspecified atom stereocenters. The van der Waals surface area contributed by atoms with Crippen LogP contribution in [0.5, 0.6) is 11.5 Å². The van der Waals surface area contributed by atoms with Crippen LogP contribution < -0.4 is 20.2 Å². The Bertz CT molecular complexity index is 1220. The molecule has 0 atom stereocenters. The van der Waals surface area contributed by atoms with Crippen molar-refractivity contribution in [2.75, 3.05) is 11.9 Å². The lowest BCUT2D eigenvalue weighted by atomic mass is 10.2. The average molecular weight is 630 g/mol. The van der Waals surface area contributed by atoms with Crippen molar-refractivity contribution in [2.24, 2.45) is 5.10 Å². The predicted octanol–water partition coefficient (Wildman–Crippen LogP) is 7.96. The molecule has 0 saturated carbocycles. The van der Waals surface area contributed by atoms with E-state index in [-0.39, 0.29) is 6.61 Å². The number of anilines is 1. The number of carbonyl (C=O) groups is 1. The van der Waals surface area contributed by atoms with Gasteiger partial charge in [-0.2, -0.15) is 5.10 Å². The van der Waals surface area contributed by atoms with Gasteiger partial charge in [-0.15, -0.1) is 0 Å². The molecule has 0 aromatic heterocycles. The Balaban J connectivity index is 1.68. The van der Waals surface area contributed by atoms with Crippen molar-refractivity contribution in [3.8, 4) is 11.5 Å². The highest BCUT2D eigenvalue weighted by Crippen LogP contribution is 2.37. The molecule has 0 heterocycles. The van der Waals surface area contributed by atoms with Crippen molar-refractivity contribution in [3.05, 3.63) is 84.2 Å². The number of hydrogen-bond acceptors (Lipinski definition) is 4. The van der Waals surface area contributed by atoms with Gasteiger partial charge in [0, 0.05) is 25.8 Å². The second-order valence-electron chi connectivity index (χ2n) is 7.08. The van der Waals surface area contributed by atoms with Crippen molar-refractivity contribution < 1.29 is 14.3 Å². The molecule has 3 rings (SSSR count). The number of urea groups is 1. The molecule has 3 aromatic carbocycles. The van der Waals surface area contributed by atoms with E-state index in [0.29, 0.717) is 43.9 Å². The molecule has 0 aliphatic rings. The van der Waals surface area contributed by atoms with Gasteiger partial charge in [-0.05, 0) is 83.4 Å². The monoisotopic (exact) mass is 627 g/mol. The number of nitrogens with one attached hydrogen (secondary N) is 2. The van der Waals surface area contributed by atoms with Crippen molar-refractivity contribution in [1.82, 2.24) is 5.43 Å². The van der Waals surface area contributed by atoms with Crippen molar-refractivity contribution >= 4 is 73.0 Å².